The van der Waals surface area contributed by atoms with E-state index in [1.54, 1.807) is 0 Å². The first-order chi connectivity index (χ1) is 10.9. The summed E-state index contributed by atoms with van der Waals surface area (Å²) in [6.45, 7) is 4.64. The zero-order valence-corrected chi connectivity index (χ0v) is 12.8. The third-order valence-electron chi connectivity index (χ3n) is 3.88. The van der Waals surface area contributed by atoms with E-state index in [1.165, 1.54) is 6.07 Å². The molecule has 3 heterocycles. The molecule has 1 aliphatic heterocycles. The summed E-state index contributed by atoms with van der Waals surface area (Å²) in [6.07, 6.45) is -1.82. The number of anilines is 1. The second-order valence-electron chi connectivity index (χ2n) is 5.90. The molecule has 23 heavy (non-hydrogen) atoms. The Bertz CT molecular complexity index is 666. The summed E-state index contributed by atoms with van der Waals surface area (Å²) >= 11 is 0. The molecule has 0 aliphatic carbocycles. The summed E-state index contributed by atoms with van der Waals surface area (Å²) in [5.41, 5.74) is -0.753. The monoisotopic (exact) mass is 326 g/mol. The van der Waals surface area contributed by atoms with Gasteiger partial charge >= 0.3 is 6.18 Å². The molecular weight excluding hydrogens is 309 g/mol. The zero-order valence-electron chi connectivity index (χ0n) is 12.8. The molecule has 1 atom stereocenters. The number of rotatable bonds is 3. The van der Waals surface area contributed by atoms with Crippen LogP contribution in [0.25, 0.3) is 0 Å². The van der Waals surface area contributed by atoms with E-state index in [-0.39, 0.29) is 12.0 Å². The number of pyridine rings is 1. The van der Waals surface area contributed by atoms with Crippen molar-refractivity contribution >= 4 is 5.82 Å². The molecule has 1 fully saturated rings. The lowest BCUT2D eigenvalue weighted by Crippen LogP contribution is -2.24. The fourth-order valence-corrected chi connectivity index (χ4v) is 2.64. The maximum absolute atomic E-state index is 12.6. The van der Waals surface area contributed by atoms with Gasteiger partial charge in [-0.25, -0.2) is 4.98 Å². The minimum Gasteiger partial charge on any atom is -0.345 e. The molecule has 5 nitrogen and oxygen atoms in total. The van der Waals surface area contributed by atoms with Gasteiger partial charge in [0.2, 0.25) is 5.89 Å². The van der Waals surface area contributed by atoms with Gasteiger partial charge in [0.15, 0.2) is 5.82 Å². The number of hydrogen-bond donors (Lipinski definition) is 0. The fraction of sp³-hybridized carbons (Fsp3) is 0.533. The summed E-state index contributed by atoms with van der Waals surface area (Å²) in [5.74, 6) is 1.77. The van der Waals surface area contributed by atoms with Crippen molar-refractivity contribution in [1.29, 1.82) is 0 Å². The standard InChI is InChI=1S/C15H17F3N4O/c1-9(2)13-20-14(23-21-13)11-4-3-7-22(11)12-6-5-10(8-19-12)15(16,17)18/h5-6,8-9,11H,3-4,7H2,1-2H3/t11-/m0/s1. The molecule has 0 saturated carbocycles. The number of nitrogens with zero attached hydrogens (tertiary/aromatic N) is 4. The van der Waals surface area contributed by atoms with Crippen LogP contribution in [0.3, 0.4) is 0 Å². The van der Waals surface area contributed by atoms with Crippen molar-refractivity contribution in [2.24, 2.45) is 0 Å². The Hall–Kier alpha value is -2.12. The molecule has 2 aromatic heterocycles. The molecule has 0 aromatic carbocycles. The van der Waals surface area contributed by atoms with E-state index >= 15 is 0 Å². The molecule has 124 valence electrons. The molecular formula is C15H17F3N4O. The van der Waals surface area contributed by atoms with Gasteiger partial charge in [-0.1, -0.05) is 19.0 Å². The van der Waals surface area contributed by atoms with Crippen LogP contribution in [-0.2, 0) is 6.18 Å². The summed E-state index contributed by atoms with van der Waals surface area (Å²) in [7, 11) is 0. The van der Waals surface area contributed by atoms with Crippen molar-refractivity contribution < 1.29 is 17.7 Å². The van der Waals surface area contributed by atoms with E-state index in [0.29, 0.717) is 24.1 Å². The Morgan fingerprint density at radius 1 is 1.30 bits per heavy atom. The highest BCUT2D eigenvalue weighted by atomic mass is 19.4. The Balaban J connectivity index is 1.83. The number of aromatic nitrogens is 3. The molecule has 0 radical (unpaired) electrons. The lowest BCUT2D eigenvalue weighted by molar-refractivity contribution is -0.137. The van der Waals surface area contributed by atoms with Gasteiger partial charge in [-0.15, -0.1) is 0 Å². The maximum atomic E-state index is 12.6. The lowest BCUT2D eigenvalue weighted by atomic mass is 10.2. The van der Waals surface area contributed by atoms with Crippen molar-refractivity contribution in [3.63, 3.8) is 0 Å². The Kier molecular flexibility index (Phi) is 3.99. The quantitative estimate of drug-likeness (QED) is 0.855. The van der Waals surface area contributed by atoms with E-state index in [1.807, 2.05) is 18.7 Å². The average molecular weight is 326 g/mol. The first-order valence-electron chi connectivity index (χ1n) is 7.49. The fourth-order valence-electron chi connectivity index (χ4n) is 2.64. The third-order valence-corrected chi connectivity index (χ3v) is 3.88. The van der Waals surface area contributed by atoms with Crippen LogP contribution in [0.2, 0.25) is 0 Å². The van der Waals surface area contributed by atoms with Crippen LogP contribution in [0.15, 0.2) is 22.9 Å². The van der Waals surface area contributed by atoms with Crippen molar-refractivity contribution in [2.45, 2.75) is 44.8 Å². The van der Waals surface area contributed by atoms with Crippen LogP contribution >= 0.6 is 0 Å². The van der Waals surface area contributed by atoms with Crippen LogP contribution < -0.4 is 4.90 Å². The number of alkyl halides is 3. The van der Waals surface area contributed by atoms with Gasteiger partial charge in [0.1, 0.15) is 11.9 Å². The molecule has 3 rings (SSSR count). The lowest BCUT2D eigenvalue weighted by Gasteiger charge is -2.23. The second kappa shape index (κ2) is 5.82. The highest BCUT2D eigenvalue weighted by Gasteiger charge is 2.34. The Morgan fingerprint density at radius 3 is 2.65 bits per heavy atom. The van der Waals surface area contributed by atoms with Crippen LogP contribution in [0.4, 0.5) is 19.0 Å². The highest BCUT2D eigenvalue weighted by Crippen LogP contribution is 2.36. The van der Waals surface area contributed by atoms with Crippen molar-refractivity contribution in [3.05, 3.63) is 35.6 Å². The summed E-state index contributed by atoms with van der Waals surface area (Å²) < 4.78 is 43.2. The van der Waals surface area contributed by atoms with E-state index in [4.69, 9.17) is 4.52 Å². The molecule has 2 aromatic rings. The molecule has 0 unspecified atom stereocenters. The van der Waals surface area contributed by atoms with Gasteiger partial charge in [0.25, 0.3) is 0 Å². The minimum atomic E-state index is -4.38. The van der Waals surface area contributed by atoms with Gasteiger partial charge in [0.05, 0.1) is 5.56 Å². The highest BCUT2D eigenvalue weighted by molar-refractivity contribution is 5.43. The first-order valence-corrected chi connectivity index (χ1v) is 7.49. The first kappa shape index (κ1) is 15.8. The van der Waals surface area contributed by atoms with Gasteiger partial charge in [-0.05, 0) is 25.0 Å². The molecule has 1 saturated heterocycles. The van der Waals surface area contributed by atoms with Gasteiger partial charge in [-0.3, -0.25) is 0 Å². The smallest absolute Gasteiger partial charge is 0.345 e. The van der Waals surface area contributed by atoms with E-state index in [0.717, 1.165) is 25.1 Å². The van der Waals surface area contributed by atoms with E-state index in [2.05, 4.69) is 15.1 Å². The summed E-state index contributed by atoms with van der Waals surface area (Å²) in [6, 6.07) is 2.30. The van der Waals surface area contributed by atoms with Gasteiger partial charge < -0.3 is 9.42 Å². The second-order valence-corrected chi connectivity index (χ2v) is 5.90. The Labute approximate surface area is 131 Å². The average Bonchev–Trinajstić information content (AvgIpc) is 3.15. The molecule has 0 N–H and O–H groups in total. The number of halogens is 3. The van der Waals surface area contributed by atoms with Crippen LogP contribution in [0.1, 0.15) is 55.9 Å². The van der Waals surface area contributed by atoms with Crippen molar-refractivity contribution in [3.8, 4) is 0 Å². The topological polar surface area (TPSA) is 55.1 Å². The van der Waals surface area contributed by atoms with Crippen molar-refractivity contribution in [2.75, 3.05) is 11.4 Å². The van der Waals surface area contributed by atoms with Crippen LogP contribution in [-0.4, -0.2) is 21.7 Å². The van der Waals surface area contributed by atoms with Crippen molar-refractivity contribution in [1.82, 2.24) is 15.1 Å². The molecule has 0 spiro atoms. The summed E-state index contributed by atoms with van der Waals surface area (Å²) in [4.78, 5) is 10.3. The normalized spacial score (nSPS) is 18.9. The SMILES string of the molecule is CC(C)c1noc([C@@H]2CCCN2c2ccc(C(F)(F)F)cn2)n1. The predicted molar refractivity (Wildman–Crippen MR) is 76.9 cm³/mol. The van der Waals surface area contributed by atoms with Gasteiger partial charge in [0, 0.05) is 18.7 Å². The maximum Gasteiger partial charge on any atom is 0.417 e. The van der Waals surface area contributed by atoms with Gasteiger partial charge in [-0.2, -0.15) is 18.2 Å². The van der Waals surface area contributed by atoms with E-state index in [9.17, 15) is 13.2 Å². The molecule has 1 aliphatic rings. The Morgan fingerprint density at radius 2 is 2.09 bits per heavy atom. The van der Waals surface area contributed by atoms with Crippen LogP contribution in [0.5, 0.6) is 0 Å². The van der Waals surface area contributed by atoms with Crippen LogP contribution in [0, 0.1) is 0 Å². The van der Waals surface area contributed by atoms with E-state index < -0.39 is 11.7 Å². The molecule has 8 heteroatoms. The zero-order chi connectivity index (χ0) is 16.6. The largest absolute Gasteiger partial charge is 0.417 e. The predicted octanol–water partition coefficient (Wildman–Crippen LogP) is 3.95. The summed E-state index contributed by atoms with van der Waals surface area (Å²) in [5, 5.41) is 3.95. The molecule has 0 amide bonds. The molecule has 0 bridgehead atoms. The minimum absolute atomic E-state index is 0.140. The number of hydrogen-bond acceptors (Lipinski definition) is 5. The third kappa shape index (κ3) is 3.16.